The molecule has 2 nitrogen and oxygen atoms in total. The van der Waals surface area contributed by atoms with Gasteiger partial charge in [-0.25, -0.2) is 4.98 Å². The Morgan fingerprint density at radius 3 is 2.57 bits per heavy atom. The lowest BCUT2D eigenvalue weighted by molar-refractivity contribution is -0.137. The van der Waals surface area contributed by atoms with Crippen LogP contribution in [-0.2, 0) is 6.18 Å². The first kappa shape index (κ1) is 13.9. The van der Waals surface area contributed by atoms with Crippen LogP contribution < -0.4 is 5.73 Å². The summed E-state index contributed by atoms with van der Waals surface area (Å²) in [7, 11) is 0. The van der Waals surface area contributed by atoms with E-state index in [0.29, 0.717) is 10.6 Å². The highest BCUT2D eigenvalue weighted by Crippen LogP contribution is 2.36. The van der Waals surface area contributed by atoms with E-state index >= 15 is 0 Å². The van der Waals surface area contributed by atoms with E-state index < -0.39 is 11.7 Å². The van der Waals surface area contributed by atoms with Crippen molar-refractivity contribution in [2.45, 2.75) is 13.1 Å². The normalized spacial score (nSPS) is 12.0. The molecule has 0 saturated heterocycles. The van der Waals surface area contributed by atoms with Gasteiger partial charge in [-0.2, -0.15) is 13.2 Å². The van der Waals surface area contributed by atoms with Gasteiger partial charge in [-0.3, -0.25) is 0 Å². The van der Waals surface area contributed by atoms with Crippen molar-refractivity contribution in [3.05, 3.63) is 47.5 Å². The summed E-state index contributed by atoms with van der Waals surface area (Å²) in [5, 5.41) is 0.536. The van der Waals surface area contributed by atoms with Crippen LogP contribution in [0.2, 0.25) is 0 Å². The van der Waals surface area contributed by atoms with E-state index in [9.17, 15) is 13.2 Å². The van der Waals surface area contributed by atoms with Crippen molar-refractivity contribution in [3.63, 3.8) is 0 Å². The van der Waals surface area contributed by atoms with Crippen LogP contribution in [-0.4, -0.2) is 4.98 Å². The maximum Gasteiger partial charge on any atom is 0.416 e. The molecule has 0 bridgehead atoms. The zero-order valence-corrected chi connectivity index (χ0v) is 11.8. The van der Waals surface area contributed by atoms with Crippen LogP contribution in [0.25, 0.3) is 20.8 Å². The summed E-state index contributed by atoms with van der Waals surface area (Å²) in [6.45, 7) is 1.96. The number of halogens is 3. The van der Waals surface area contributed by atoms with Gasteiger partial charge in [0.05, 0.1) is 15.8 Å². The zero-order chi connectivity index (χ0) is 15.2. The number of aryl methyl sites for hydroxylation is 1. The Kier molecular flexibility index (Phi) is 3.13. The van der Waals surface area contributed by atoms with Crippen molar-refractivity contribution in [2.75, 3.05) is 5.73 Å². The minimum absolute atomic E-state index is 0.0789. The summed E-state index contributed by atoms with van der Waals surface area (Å²) >= 11 is 1.36. The molecule has 2 N–H and O–H groups in total. The number of nitrogens with two attached hydrogens (primary N) is 1. The fourth-order valence-electron chi connectivity index (χ4n) is 2.09. The third kappa shape index (κ3) is 2.71. The molecule has 0 fully saturated rings. The number of anilines is 1. The minimum Gasteiger partial charge on any atom is -0.399 e. The number of fused-ring (bicyclic) bond motifs is 1. The van der Waals surface area contributed by atoms with Gasteiger partial charge in [0, 0.05) is 11.3 Å². The molecule has 1 aromatic heterocycles. The molecule has 21 heavy (non-hydrogen) atoms. The predicted molar refractivity (Wildman–Crippen MR) is 79.2 cm³/mol. The molecule has 0 aliphatic heterocycles. The van der Waals surface area contributed by atoms with E-state index in [1.165, 1.54) is 17.4 Å². The number of rotatable bonds is 1. The van der Waals surface area contributed by atoms with Gasteiger partial charge in [-0.05, 0) is 42.8 Å². The first-order valence-electron chi connectivity index (χ1n) is 6.18. The highest BCUT2D eigenvalue weighted by molar-refractivity contribution is 7.21. The van der Waals surface area contributed by atoms with Crippen LogP contribution in [0.1, 0.15) is 11.1 Å². The standard InChI is InChI=1S/C15H11F3N2S/c1-8-2-3-12-13(4-8)21-14(20-12)9-5-10(15(16,17)18)7-11(19)6-9/h2-7H,19H2,1H3. The van der Waals surface area contributed by atoms with Crippen molar-refractivity contribution in [1.29, 1.82) is 0 Å². The van der Waals surface area contributed by atoms with Gasteiger partial charge in [0.2, 0.25) is 0 Å². The van der Waals surface area contributed by atoms with Crippen LogP contribution in [0.5, 0.6) is 0 Å². The summed E-state index contributed by atoms with van der Waals surface area (Å²) in [6.07, 6.45) is -4.42. The summed E-state index contributed by atoms with van der Waals surface area (Å²) < 4.78 is 39.5. The molecule has 0 aliphatic carbocycles. The Morgan fingerprint density at radius 2 is 1.86 bits per heavy atom. The van der Waals surface area contributed by atoms with E-state index in [4.69, 9.17) is 5.73 Å². The van der Waals surface area contributed by atoms with Gasteiger partial charge in [-0.1, -0.05) is 6.07 Å². The first-order chi connectivity index (χ1) is 9.83. The topological polar surface area (TPSA) is 38.9 Å². The van der Waals surface area contributed by atoms with Crippen LogP contribution in [0.4, 0.5) is 18.9 Å². The van der Waals surface area contributed by atoms with Crippen LogP contribution in [0, 0.1) is 6.92 Å². The van der Waals surface area contributed by atoms with E-state index in [1.54, 1.807) is 0 Å². The molecule has 108 valence electrons. The summed E-state index contributed by atoms with van der Waals surface area (Å²) in [5.41, 5.74) is 7.16. The Hall–Kier alpha value is -2.08. The van der Waals surface area contributed by atoms with E-state index in [0.717, 1.165) is 27.9 Å². The lowest BCUT2D eigenvalue weighted by Gasteiger charge is -2.09. The van der Waals surface area contributed by atoms with Gasteiger partial charge in [0.15, 0.2) is 0 Å². The lowest BCUT2D eigenvalue weighted by atomic mass is 10.1. The second kappa shape index (κ2) is 4.73. The number of hydrogen-bond acceptors (Lipinski definition) is 3. The molecule has 0 saturated carbocycles. The smallest absolute Gasteiger partial charge is 0.399 e. The first-order valence-corrected chi connectivity index (χ1v) is 7.00. The Morgan fingerprint density at radius 1 is 1.10 bits per heavy atom. The average Bonchev–Trinajstić information content (AvgIpc) is 2.80. The largest absolute Gasteiger partial charge is 0.416 e. The summed E-state index contributed by atoms with van der Waals surface area (Å²) in [6, 6.07) is 9.28. The molecule has 0 amide bonds. The van der Waals surface area contributed by atoms with Gasteiger partial charge < -0.3 is 5.73 Å². The predicted octanol–water partition coefficient (Wildman–Crippen LogP) is 4.87. The summed E-state index contributed by atoms with van der Waals surface area (Å²) in [5.74, 6) is 0. The van der Waals surface area contributed by atoms with Gasteiger partial charge in [0.25, 0.3) is 0 Å². The minimum atomic E-state index is -4.42. The molecular weight excluding hydrogens is 297 g/mol. The molecule has 0 aliphatic rings. The Bertz CT molecular complexity index is 821. The second-order valence-corrected chi connectivity index (χ2v) is 5.86. The average molecular weight is 308 g/mol. The number of thiazole rings is 1. The number of aromatic nitrogens is 1. The zero-order valence-electron chi connectivity index (χ0n) is 11.0. The van der Waals surface area contributed by atoms with Gasteiger partial charge >= 0.3 is 6.18 Å². The van der Waals surface area contributed by atoms with Crippen molar-refractivity contribution < 1.29 is 13.2 Å². The molecule has 3 aromatic rings. The van der Waals surface area contributed by atoms with E-state index in [-0.39, 0.29) is 5.69 Å². The summed E-state index contributed by atoms with van der Waals surface area (Å²) in [4.78, 5) is 4.38. The number of benzene rings is 2. The Labute approximate surface area is 123 Å². The third-order valence-corrected chi connectivity index (χ3v) is 4.14. The Balaban J connectivity index is 2.16. The molecule has 0 unspecified atom stereocenters. The molecule has 6 heteroatoms. The lowest BCUT2D eigenvalue weighted by Crippen LogP contribution is -2.05. The van der Waals surface area contributed by atoms with Crippen molar-refractivity contribution in [1.82, 2.24) is 4.98 Å². The molecule has 0 atom stereocenters. The molecule has 0 radical (unpaired) electrons. The van der Waals surface area contributed by atoms with Gasteiger partial charge in [0.1, 0.15) is 5.01 Å². The van der Waals surface area contributed by atoms with Crippen LogP contribution in [0.3, 0.4) is 0 Å². The highest BCUT2D eigenvalue weighted by Gasteiger charge is 2.31. The molecule has 3 rings (SSSR count). The maximum absolute atomic E-state index is 12.8. The fraction of sp³-hybridized carbons (Fsp3) is 0.133. The number of nitrogen functional groups attached to an aromatic ring is 1. The van der Waals surface area contributed by atoms with Crippen LogP contribution >= 0.6 is 11.3 Å². The number of alkyl halides is 3. The quantitative estimate of drug-likeness (QED) is 0.651. The monoisotopic (exact) mass is 308 g/mol. The van der Waals surface area contributed by atoms with Crippen molar-refractivity contribution in [3.8, 4) is 10.6 Å². The van der Waals surface area contributed by atoms with Gasteiger partial charge in [-0.15, -0.1) is 11.3 Å². The number of hydrogen-bond donors (Lipinski definition) is 1. The highest BCUT2D eigenvalue weighted by atomic mass is 32.1. The van der Waals surface area contributed by atoms with Crippen molar-refractivity contribution >= 4 is 27.2 Å². The van der Waals surface area contributed by atoms with Crippen molar-refractivity contribution in [2.24, 2.45) is 0 Å². The maximum atomic E-state index is 12.8. The van der Waals surface area contributed by atoms with Crippen LogP contribution in [0.15, 0.2) is 36.4 Å². The molecular formula is C15H11F3N2S. The molecule has 2 aromatic carbocycles. The SMILES string of the molecule is Cc1ccc2nc(-c3cc(N)cc(C(F)(F)F)c3)sc2c1. The fourth-order valence-corrected chi connectivity index (χ4v) is 3.15. The van der Waals surface area contributed by atoms with E-state index in [1.807, 2.05) is 25.1 Å². The number of nitrogens with zero attached hydrogens (tertiary/aromatic N) is 1. The molecule has 0 spiro atoms. The van der Waals surface area contributed by atoms with E-state index in [2.05, 4.69) is 4.98 Å². The third-order valence-electron chi connectivity index (χ3n) is 3.07. The molecule has 1 heterocycles. The second-order valence-electron chi connectivity index (χ2n) is 4.83.